The van der Waals surface area contributed by atoms with Crippen molar-refractivity contribution < 1.29 is 14.4 Å². The molecule has 0 spiro atoms. The first-order chi connectivity index (χ1) is 9.74. The monoisotopic (exact) mass is 273 g/mol. The molecule has 0 saturated heterocycles. The van der Waals surface area contributed by atoms with E-state index in [1.165, 1.54) is 11.6 Å². The second-order valence-corrected chi connectivity index (χ2v) is 4.80. The van der Waals surface area contributed by atoms with Crippen molar-refractivity contribution in [2.75, 3.05) is 5.32 Å². The van der Waals surface area contributed by atoms with Crippen molar-refractivity contribution >= 4 is 11.8 Å². The van der Waals surface area contributed by atoms with Gasteiger partial charge in [-0.15, -0.1) is 0 Å². The van der Waals surface area contributed by atoms with Gasteiger partial charge >= 0.3 is 5.97 Å². The Labute approximate surface area is 115 Å². The van der Waals surface area contributed by atoms with Crippen LogP contribution < -0.4 is 5.32 Å². The summed E-state index contributed by atoms with van der Waals surface area (Å²) in [5.74, 6) is 0.477. The average molecular weight is 273 g/mol. The largest absolute Gasteiger partial charge is 0.477 e. The van der Waals surface area contributed by atoms with Gasteiger partial charge < -0.3 is 14.9 Å². The number of rotatable bonds is 4. The normalized spacial score (nSPS) is 13.8. The Morgan fingerprint density at radius 1 is 1.35 bits per heavy atom. The van der Waals surface area contributed by atoms with Gasteiger partial charge in [-0.3, -0.25) is 0 Å². The van der Waals surface area contributed by atoms with Gasteiger partial charge in [-0.05, 0) is 31.4 Å². The molecule has 0 aromatic carbocycles. The summed E-state index contributed by atoms with van der Waals surface area (Å²) >= 11 is 0. The lowest BCUT2D eigenvalue weighted by Crippen LogP contribution is -2.08. The zero-order chi connectivity index (χ0) is 13.9. The molecule has 1 aliphatic rings. The molecule has 1 aliphatic carbocycles. The fourth-order valence-corrected chi connectivity index (χ4v) is 2.41. The molecule has 0 fully saturated rings. The standard InChI is InChI=1S/C14H15N3O3/c18-14(19)10-5-3-7-13(16-10)15-8-11-9-4-1-2-6-12(9)20-17-11/h3,5,7H,1-2,4,6,8H2,(H,15,16)(H,18,19). The van der Waals surface area contributed by atoms with E-state index in [-0.39, 0.29) is 5.69 Å². The number of fused-ring (bicyclic) bond motifs is 1. The summed E-state index contributed by atoms with van der Waals surface area (Å²) in [5.41, 5.74) is 2.11. The maximum Gasteiger partial charge on any atom is 0.354 e. The number of nitrogens with zero attached hydrogens (tertiary/aromatic N) is 2. The molecule has 6 nitrogen and oxygen atoms in total. The first kappa shape index (κ1) is 12.7. The molecule has 0 atom stereocenters. The Morgan fingerprint density at radius 2 is 2.20 bits per heavy atom. The minimum atomic E-state index is -1.03. The van der Waals surface area contributed by atoms with E-state index in [0.29, 0.717) is 12.4 Å². The number of pyridine rings is 1. The molecule has 2 N–H and O–H groups in total. The van der Waals surface area contributed by atoms with E-state index in [1.54, 1.807) is 12.1 Å². The quantitative estimate of drug-likeness (QED) is 0.888. The summed E-state index contributed by atoms with van der Waals surface area (Å²) in [6, 6.07) is 4.86. The van der Waals surface area contributed by atoms with Gasteiger partial charge in [-0.1, -0.05) is 11.2 Å². The molecule has 0 saturated carbocycles. The van der Waals surface area contributed by atoms with Crippen molar-refractivity contribution in [3.8, 4) is 0 Å². The second kappa shape index (κ2) is 5.32. The molecule has 2 aromatic heterocycles. The van der Waals surface area contributed by atoms with Crippen molar-refractivity contribution in [2.45, 2.75) is 32.2 Å². The summed E-state index contributed by atoms with van der Waals surface area (Å²) < 4.78 is 5.33. The number of aromatic nitrogens is 2. The zero-order valence-corrected chi connectivity index (χ0v) is 10.9. The molecular weight excluding hydrogens is 258 g/mol. The highest BCUT2D eigenvalue weighted by atomic mass is 16.5. The topological polar surface area (TPSA) is 88.2 Å². The number of carbonyl (C=O) groups is 1. The van der Waals surface area contributed by atoms with Crippen molar-refractivity contribution in [1.82, 2.24) is 10.1 Å². The third-order valence-electron chi connectivity index (χ3n) is 3.44. The summed E-state index contributed by atoms with van der Waals surface area (Å²) in [6.07, 6.45) is 4.26. The van der Waals surface area contributed by atoms with Gasteiger partial charge in [0.1, 0.15) is 17.3 Å². The third-order valence-corrected chi connectivity index (χ3v) is 3.44. The van der Waals surface area contributed by atoms with Crippen LogP contribution in [0.25, 0.3) is 0 Å². The Kier molecular flexibility index (Phi) is 3.37. The smallest absolute Gasteiger partial charge is 0.354 e. The number of aromatic carboxylic acids is 1. The van der Waals surface area contributed by atoms with Crippen LogP contribution in [0.2, 0.25) is 0 Å². The highest BCUT2D eigenvalue weighted by Gasteiger charge is 2.19. The van der Waals surface area contributed by atoms with Crippen LogP contribution >= 0.6 is 0 Å². The fourth-order valence-electron chi connectivity index (χ4n) is 2.41. The summed E-state index contributed by atoms with van der Waals surface area (Å²) in [7, 11) is 0. The number of carboxylic acids is 1. The molecule has 2 aromatic rings. The van der Waals surface area contributed by atoms with E-state index >= 15 is 0 Å². The van der Waals surface area contributed by atoms with Crippen LogP contribution in [0.5, 0.6) is 0 Å². The molecule has 0 unspecified atom stereocenters. The van der Waals surface area contributed by atoms with Crippen molar-refractivity contribution in [3.05, 3.63) is 40.9 Å². The van der Waals surface area contributed by atoms with E-state index in [0.717, 1.165) is 37.1 Å². The van der Waals surface area contributed by atoms with Crippen LogP contribution in [0.1, 0.15) is 40.3 Å². The molecule has 6 heteroatoms. The van der Waals surface area contributed by atoms with Gasteiger partial charge in [-0.2, -0.15) is 0 Å². The van der Waals surface area contributed by atoms with E-state index in [2.05, 4.69) is 15.5 Å². The van der Waals surface area contributed by atoms with Crippen LogP contribution in [0, 0.1) is 0 Å². The first-order valence-corrected chi connectivity index (χ1v) is 6.64. The Bertz CT molecular complexity index is 636. The van der Waals surface area contributed by atoms with Gasteiger partial charge in [0.25, 0.3) is 0 Å². The number of hydrogen-bond acceptors (Lipinski definition) is 5. The SMILES string of the molecule is O=C(O)c1cccc(NCc2noc3c2CCCC3)n1. The van der Waals surface area contributed by atoms with E-state index in [4.69, 9.17) is 9.63 Å². The Morgan fingerprint density at radius 3 is 3.05 bits per heavy atom. The van der Waals surface area contributed by atoms with Gasteiger partial charge in [-0.25, -0.2) is 9.78 Å². The molecule has 3 rings (SSSR count). The Hall–Kier alpha value is -2.37. The lowest BCUT2D eigenvalue weighted by atomic mass is 9.96. The molecular formula is C14H15N3O3. The molecule has 0 radical (unpaired) electrons. The van der Waals surface area contributed by atoms with Crippen LogP contribution in [-0.4, -0.2) is 21.2 Å². The van der Waals surface area contributed by atoms with E-state index in [1.807, 2.05) is 0 Å². The molecule has 0 aliphatic heterocycles. The Balaban J connectivity index is 1.72. The van der Waals surface area contributed by atoms with Crippen LogP contribution in [-0.2, 0) is 19.4 Å². The molecule has 104 valence electrons. The number of anilines is 1. The predicted molar refractivity (Wildman–Crippen MR) is 71.7 cm³/mol. The van der Waals surface area contributed by atoms with Crippen LogP contribution in [0.4, 0.5) is 5.82 Å². The number of hydrogen-bond donors (Lipinski definition) is 2. The highest BCUT2D eigenvalue weighted by molar-refractivity contribution is 5.85. The molecule has 20 heavy (non-hydrogen) atoms. The third kappa shape index (κ3) is 2.49. The average Bonchev–Trinajstić information content (AvgIpc) is 2.89. The summed E-state index contributed by atoms with van der Waals surface area (Å²) in [5, 5.41) is 16.1. The lowest BCUT2D eigenvalue weighted by molar-refractivity contribution is 0.0690. The lowest BCUT2D eigenvalue weighted by Gasteiger charge is -2.10. The van der Waals surface area contributed by atoms with Gasteiger partial charge in [0.2, 0.25) is 0 Å². The predicted octanol–water partition coefficient (Wildman–Crippen LogP) is 2.26. The maximum absolute atomic E-state index is 10.9. The van der Waals surface area contributed by atoms with Crippen molar-refractivity contribution in [3.63, 3.8) is 0 Å². The van der Waals surface area contributed by atoms with Gasteiger partial charge in [0, 0.05) is 12.0 Å². The number of nitrogens with one attached hydrogen (secondary N) is 1. The van der Waals surface area contributed by atoms with Crippen molar-refractivity contribution in [2.24, 2.45) is 0 Å². The van der Waals surface area contributed by atoms with E-state index in [9.17, 15) is 4.79 Å². The number of carboxylic acid groups (broad SMARTS) is 1. The van der Waals surface area contributed by atoms with Gasteiger partial charge in [0.15, 0.2) is 5.69 Å². The van der Waals surface area contributed by atoms with E-state index < -0.39 is 5.97 Å². The molecule has 0 amide bonds. The number of aryl methyl sites for hydroxylation is 1. The van der Waals surface area contributed by atoms with Gasteiger partial charge in [0.05, 0.1) is 6.54 Å². The van der Waals surface area contributed by atoms with Crippen molar-refractivity contribution in [1.29, 1.82) is 0 Å². The summed E-state index contributed by atoms with van der Waals surface area (Å²) in [4.78, 5) is 14.9. The van der Waals surface area contributed by atoms with Crippen LogP contribution in [0.3, 0.4) is 0 Å². The second-order valence-electron chi connectivity index (χ2n) is 4.80. The maximum atomic E-state index is 10.9. The molecule has 0 bridgehead atoms. The first-order valence-electron chi connectivity index (χ1n) is 6.64. The van der Waals surface area contributed by atoms with Crippen LogP contribution in [0.15, 0.2) is 22.7 Å². The molecule has 2 heterocycles. The minimum absolute atomic E-state index is 0.0252. The minimum Gasteiger partial charge on any atom is -0.477 e. The highest BCUT2D eigenvalue weighted by Crippen LogP contribution is 2.24. The zero-order valence-electron chi connectivity index (χ0n) is 10.9. The summed E-state index contributed by atoms with van der Waals surface area (Å²) in [6.45, 7) is 0.495. The fraction of sp³-hybridized carbons (Fsp3) is 0.357.